The molecule has 0 radical (unpaired) electrons. The summed E-state index contributed by atoms with van der Waals surface area (Å²) in [5.74, 6) is 0.371. The first-order valence-electron chi connectivity index (χ1n) is 4.83. The van der Waals surface area contributed by atoms with Crippen molar-refractivity contribution in [2.75, 3.05) is 6.61 Å². The molecule has 0 spiro atoms. The van der Waals surface area contributed by atoms with E-state index < -0.39 is 6.16 Å². The molecule has 2 rings (SSSR count). The molecule has 0 fully saturated rings. The van der Waals surface area contributed by atoms with Crippen molar-refractivity contribution in [3.63, 3.8) is 0 Å². The molecule has 82 valence electrons. The molecule has 0 saturated heterocycles. The Morgan fingerprint density at radius 3 is 3.00 bits per heavy atom. The number of nitrogens with one attached hydrogen (secondary N) is 1. The average Bonchev–Trinajstić information content (AvgIpc) is 2.68. The summed E-state index contributed by atoms with van der Waals surface area (Å²) in [5, 5.41) is 0.981. The van der Waals surface area contributed by atoms with Gasteiger partial charge in [-0.05, 0) is 6.07 Å². The number of aromatic nitrogens is 1. The van der Waals surface area contributed by atoms with E-state index in [0.29, 0.717) is 5.88 Å². The molecule has 0 saturated carbocycles. The third-order valence-corrected chi connectivity index (χ3v) is 2.02. The molecule has 0 aliphatic heterocycles. The fraction of sp³-hybridized carbons (Fsp3) is 0.0833. The fourth-order valence-electron chi connectivity index (χ4n) is 1.35. The van der Waals surface area contributed by atoms with E-state index in [1.807, 2.05) is 24.3 Å². The largest absolute Gasteiger partial charge is 0.515 e. The number of carbonyl (C=O) groups excluding carboxylic acids is 1. The van der Waals surface area contributed by atoms with Gasteiger partial charge in [-0.1, -0.05) is 30.9 Å². The smallest absolute Gasteiger partial charge is 0.430 e. The van der Waals surface area contributed by atoms with Crippen molar-refractivity contribution >= 4 is 17.1 Å². The number of fused-ring (bicyclic) bond motifs is 1. The Balaban J connectivity index is 2.09. The van der Waals surface area contributed by atoms with Crippen molar-refractivity contribution in [2.24, 2.45) is 0 Å². The van der Waals surface area contributed by atoms with Gasteiger partial charge in [-0.3, -0.25) is 0 Å². The summed E-state index contributed by atoms with van der Waals surface area (Å²) in [6.07, 6.45) is 0.735. The second-order valence-electron chi connectivity index (χ2n) is 3.17. The van der Waals surface area contributed by atoms with Crippen LogP contribution in [0.1, 0.15) is 0 Å². The maximum Gasteiger partial charge on any atom is 0.515 e. The Kier molecular flexibility index (Phi) is 2.91. The van der Waals surface area contributed by atoms with Gasteiger partial charge in [0.15, 0.2) is 0 Å². The van der Waals surface area contributed by atoms with Crippen LogP contribution < -0.4 is 4.74 Å². The molecule has 0 aliphatic carbocycles. The molecule has 1 aromatic carbocycles. The van der Waals surface area contributed by atoms with E-state index in [4.69, 9.17) is 9.47 Å². The number of hydrogen-bond donors (Lipinski definition) is 1. The summed E-state index contributed by atoms with van der Waals surface area (Å²) in [7, 11) is 0. The van der Waals surface area contributed by atoms with Crippen LogP contribution in [0.3, 0.4) is 0 Å². The standard InChI is InChI=1S/C12H11NO3/c1-2-7-15-12(14)16-11-8-9-5-3-4-6-10(9)13-11/h2-6,8,13H,1,7H2. The Hall–Kier alpha value is -2.23. The molecule has 0 atom stereocenters. The Bertz CT molecular complexity index is 483. The quantitative estimate of drug-likeness (QED) is 0.635. The third kappa shape index (κ3) is 2.23. The van der Waals surface area contributed by atoms with E-state index in [1.165, 1.54) is 6.08 Å². The molecule has 1 N–H and O–H groups in total. The minimum Gasteiger partial charge on any atom is -0.430 e. The van der Waals surface area contributed by atoms with Gasteiger partial charge in [-0.25, -0.2) is 4.79 Å². The van der Waals surface area contributed by atoms with Crippen LogP contribution in [0.25, 0.3) is 10.9 Å². The van der Waals surface area contributed by atoms with Crippen LogP contribution in [0.4, 0.5) is 4.79 Å². The molecule has 1 aromatic heterocycles. The van der Waals surface area contributed by atoms with Crippen molar-refractivity contribution in [3.8, 4) is 5.88 Å². The minimum absolute atomic E-state index is 0.138. The number of carbonyl (C=O) groups is 1. The molecule has 0 unspecified atom stereocenters. The van der Waals surface area contributed by atoms with Crippen LogP contribution in [0.15, 0.2) is 43.0 Å². The van der Waals surface area contributed by atoms with E-state index in [9.17, 15) is 4.79 Å². The van der Waals surface area contributed by atoms with Gasteiger partial charge in [0.25, 0.3) is 0 Å². The molecule has 4 heteroatoms. The van der Waals surface area contributed by atoms with Gasteiger partial charge >= 0.3 is 6.16 Å². The molecule has 0 aliphatic rings. The SMILES string of the molecule is C=CCOC(=O)Oc1cc2ccccc2[nH]1. The maximum absolute atomic E-state index is 11.1. The lowest BCUT2D eigenvalue weighted by molar-refractivity contribution is 0.108. The highest BCUT2D eigenvalue weighted by Crippen LogP contribution is 2.19. The topological polar surface area (TPSA) is 51.3 Å². The summed E-state index contributed by atoms with van der Waals surface area (Å²) in [4.78, 5) is 14.1. The van der Waals surface area contributed by atoms with Crippen molar-refractivity contribution in [3.05, 3.63) is 43.0 Å². The monoisotopic (exact) mass is 217 g/mol. The predicted octanol–water partition coefficient (Wildman–Crippen LogP) is 2.87. The third-order valence-electron chi connectivity index (χ3n) is 2.02. The lowest BCUT2D eigenvalue weighted by Crippen LogP contribution is -2.10. The number of rotatable bonds is 3. The summed E-state index contributed by atoms with van der Waals surface area (Å²) in [6, 6.07) is 9.38. The van der Waals surface area contributed by atoms with E-state index >= 15 is 0 Å². The molecule has 1 heterocycles. The Morgan fingerprint density at radius 1 is 1.44 bits per heavy atom. The Morgan fingerprint density at radius 2 is 2.25 bits per heavy atom. The number of para-hydroxylation sites is 1. The van der Waals surface area contributed by atoms with Crippen LogP contribution in [0.2, 0.25) is 0 Å². The second-order valence-corrected chi connectivity index (χ2v) is 3.17. The highest BCUT2D eigenvalue weighted by molar-refractivity contribution is 5.82. The highest BCUT2D eigenvalue weighted by atomic mass is 16.7. The molecule has 0 bridgehead atoms. The van der Waals surface area contributed by atoms with Gasteiger partial charge in [-0.2, -0.15) is 0 Å². The van der Waals surface area contributed by atoms with Crippen molar-refractivity contribution in [1.82, 2.24) is 4.98 Å². The maximum atomic E-state index is 11.1. The van der Waals surface area contributed by atoms with Crippen LogP contribution in [0, 0.1) is 0 Å². The zero-order chi connectivity index (χ0) is 11.4. The molecule has 0 amide bonds. The van der Waals surface area contributed by atoms with Crippen molar-refractivity contribution in [1.29, 1.82) is 0 Å². The Labute approximate surface area is 92.5 Å². The molecule has 16 heavy (non-hydrogen) atoms. The summed E-state index contributed by atoms with van der Waals surface area (Å²) >= 11 is 0. The average molecular weight is 217 g/mol. The number of H-pyrrole nitrogens is 1. The normalized spacial score (nSPS) is 10.0. The van der Waals surface area contributed by atoms with E-state index in [-0.39, 0.29) is 6.61 Å². The fourth-order valence-corrected chi connectivity index (χ4v) is 1.35. The van der Waals surface area contributed by atoms with Gasteiger partial charge in [0.2, 0.25) is 5.88 Å². The van der Waals surface area contributed by atoms with Gasteiger partial charge in [0.05, 0.1) is 0 Å². The van der Waals surface area contributed by atoms with E-state index in [0.717, 1.165) is 10.9 Å². The minimum atomic E-state index is -0.744. The number of ether oxygens (including phenoxy) is 2. The predicted molar refractivity (Wildman–Crippen MR) is 60.5 cm³/mol. The van der Waals surface area contributed by atoms with E-state index in [1.54, 1.807) is 6.07 Å². The van der Waals surface area contributed by atoms with Crippen molar-refractivity contribution < 1.29 is 14.3 Å². The first kappa shape index (κ1) is 10.3. The molecular formula is C12H11NO3. The lowest BCUT2D eigenvalue weighted by Gasteiger charge is -2.00. The second kappa shape index (κ2) is 4.53. The first-order chi connectivity index (χ1) is 7.79. The van der Waals surface area contributed by atoms with Crippen LogP contribution in [0.5, 0.6) is 5.88 Å². The van der Waals surface area contributed by atoms with Gasteiger partial charge < -0.3 is 14.5 Å². The number of aromatic amines is 1. The van der Waals surface area contributed by atoms with Gasteiger partial charge in [0.1, 0.15) is 6.61 Å². The first-order valence-corrected chi connectivity index (χ1v) is 4.83. The summed E-state index contributed by atoms with van der Waals surface area (Å²) in [5.41, 5.74) is 0.911. The van der Waals surface area contributed by atoms with Crippen LogP contribution >= 0.6 is 0 Å². The molecular weight excluding hydrogens is 206 g/mol. The number of benzene rings is 1. The van der Waals surface area contributed by atoms with E-state index in [2.05, 4.69) is 11.6 Å². The van der Waals surface area contributed by atoms with Gasteiger partial charge in [0, 0.05) is 17.0 Å². The molecule has 4 nitrogen and oxygen atoms in total. The van der Waals surface area contributed by atoms with Crippen LogP contribution in [-0.2, 0) is 4.74 Å². The molecule has 2 aromatic rings. The zero-order valence-electron chi connectivity index (χ0n) is 8.60. The van der Waals surface area contributed by atoms with Gasteiger partial charge in [-0.15, -0.1) is 0 Å². The van der Waals surface area contributed by atoms with Crippen LogP contribution in [-0.4, -0.2) is 17.7 Å². The summed E-state index contributed by atoms with van der Waals surface area (Å²) < 4.78 is 9.63. The summed E-state index contributed by atoms with van der Waals surface area (Å²) in [6.45, 7) is 3.57. The zero-order valence-corrected chi connectivity index (χ0v) is 8.60. The lowest BCUT2D eigenvalue weighted by atomic mass is 10.3. The van der Waals surface area contributed by atoms with Crippen molar-refractivity contribution in [2.45, 2.75) is 0 Å². The number of hydrogen-bond acceptors (Lipinski definition) is 3. The highest BCUT2D eigenvalue weighted by Gasteiger charge is 2.07.